The maximum Gasteiger partial charge on any atom is 0.163 e. The zero-order valence-corrected chi connectivity index (χ0v) is 10.9. The molecule has 1 N–H and O–H groups in total. The molecule has 0 fully saturated rings. The normalized spacial score (nSPS) is 12.7. The first-order valence-electron chi connectivity index (χ1n) is 5.54. The van der Waals surface area contributed by atoms with E-state index in [2.05, 4.69) is 15.5 Å². The summed E-state index contributed by atoms with van der Waals surface area (Å²) in [4.78, 5) is 0. The van der Waals surface area contributed by atoms with E-state index in [-0.39, 0.29) is 6.04 Å². The molecule has 1 atom stereocenters. The van der Waals surface area contributed by atoms with E-state index in [1.54, 1.807) is 13.0 Å². The predicted octanol–water partition coefficient (Wildman–Crippen LogP) is 2.98. The van der Waals surface area contributed by atoms with Crippen molar-refractivity contribution in [3.8, 4) is 0 Å². The molecule has 2 aromatic rings. The van der Waals surface area contributed by atoms with Gasteiger partial charge in [-0.1, -0.05) is 12.1 Å². The summed E-state index contributed by atoms with van der Waals surface area (Å²) in [5.41, 5.74) is 0.316. The molecule has 96 valence electrons. The highest BCUT2D eigenvalue weighted by atomic mass is 32.1. The van der Waals surface area contributed by atoms with Crippen LogP contribution in [0.5, 0.6) is 0 Å². The van der Waals surface area contributed by atoms with Crippen LogP contribution in [-0.2, 0) is 6.54 Å². The van der Waals surface area contributed by atoms with Crippen LogP contribution < -0.4 is 5.32 Å². The highest BCUT2D eigenvalue weighted by Crippen LogP contribution is 2.19. The second kappa shape index (κ2) is 5.49. The summed E-state index contributed by atoms with van der Waals surface area (Å²) < 4.78 is 26.6. The summed E-state index contributed by atoms with van der Waals surface area (Å²) in [5, 5.41) is 12.7. The van der Waals surface area contributed by atoms with E-state index in [0.717, 1.165) is 16.1 Å². The van der Waals surface area contributed by atoms with Crippen molar-refractivity contribution in [2.24, 2.45) is 0 Å². The molecule has 1 aromatic carbocycles. The zero-order valence-electron chi connectivity index (χ0n) is 10.1. The first-order valence-corrected chi connectivity index (χ1v) is 6.36. The van der Waals surface area contributed by atoms with E-state index < -0.39 is 11.6 Å². The number of halogens is 2. The van der Waals surface area contributed by atoms with Crippen molar-refractivity contribution in [2.75, 3.05) is 0 Å². The van der Waals surface area contributed by atoms with Crippen LogP contribution in [0.15, 0.2) is 18.2 Å². The Hall–Kier alpha value is -1.40. The standard InChI is InChI=1S/C12H13F2N3S/c1-7(9-4-3-5-10(13)12(9)14)15-6-11-17-16-8(2)18-11/h3-5,7,15H,6H2,1-2H3. The van der Waals surface area contributed by atoms with Crippen molar-refractivity contribution in [3.05, 3.63) is 45.4 Å². The molecular weight excluding hydrogens is 256 g/mol. The molecule has 1 unspecified atom stereocenters. The molecule has 6 heteroatoms. The summed E-state index contributed by atoms with van der Waals surface area (Å²) in [6.07, 6.45) is 0. The summed E-state index contributed by atoms with van der Waals surface area (Å²) >= 11 is 1.48. The number of aromatic nitrogens is 2. The molecule has 0 aliphatic rings. The van der Waals surface area contributed by atoms with Crippen molar-refractivity contribution < 1.29 is 8.78 Å². The van der Waals surface area contributed by atoms with Gasteiger partial charge in [0, 0.05) is 11.6 Å². The Kier molecular flexibility index (Phi) is 3.98. The van der Waals surface area contributed by atoms with Gasteiger partial charge >= 0.3 is 0 Å². The van der Waals surface area contributed by atoms with Gasteiger partial charge < -0.3 is 5.32 Å². The Morgan fingerprint density at radius 1 is 1.33 bits per heavy atom. The van der Waals surface area contributed by atoms with Crippen LogP contribution in [0.1, 0.15) is 28.5 Å². The van der Waals surface area contributed by atoms with Gasteiger partial charge in [0.05, 0.1) is 6.54 Å². The smallest absolute Gasteiger partial charge is 0.163 e. The van der Waals surface area contributed by atoms with Gasteiger partial charge in [-0.3, -0.25) is 0 Å². The van der Waals surface area contributed by atoms with Gasteiger partial charge in [0.25, 0.3) is 0 Å². The van der Waals surface area contributed by atoms with Crippen LogP contribution in [0.2, 0.25) is 0 Å². The molecule has 0 saturated heterocycles. The first kappa shape index (κ1) is 13.0. The van der Waals surface area contributed by atoms with Crippen molar-refractivity contribution in [3.63, 3.8) is 0 Å². The van der Waals surface area contributed by atoms with E-state index in [1.165, 1.54) is 17.4 Å². The molecule has 0 bridgehead atoms. The topological polar surface area (TPSA) is 37.8 Å². The van der Waals surface area contributed by atoms with Gasteiger partial charge in [-0.25, -0.2) is 8.78 Å². The average molecular weight is 269 g/mol. The molecule has 0 aliphatic heterocycles. The lowest BCUT2D eigenvalue weighted by Gasteiger charge is -2.14. The molecule has 0 amide bonds. The molecule has 1 aromatic heterocycles. The number of nitrogens with zero attached hydrogens (tertiary/aromatic N) is 2. The quantitative estimate of drug-likeness (QED) is 0.927. The van der Waals surface area contributed by atoms with Crippen molar-refractivity contribution in [1.29, 1.82) is 0 Å². The lowest BCUT2D eigenvalue weighted by molar-refractivity contribution is 0.472. The minimum Gasteiger partial charge on any atom is -0.304 e. The Morgan fingerprint density at radius 3 is 2.78 bits per heavy atom. The number of nitrogens with one attached hydrogen (secondary N) is 1. The van der Waals surface area contributed by atoms with E-state index >= 15 is 0 Å². The highest BCUT2D eigenvalue weighted by molar-refractivity contribution is 7.11. The van der Waals surface area contributed by atoms with Crippen molar-refractivity contribution in [2.45, 2.75) is 26.4 Å². The fraction of sp³-hybridized carbons (Fsp3) is 0.333. The third-order valence-electron chi connectivity index (χ3n) is 2.58. The fourth-order valence-corrected chi connectivity index (χ4v) is 2.27. The maximum atomic E-state index is 13.5. The van der Waals surface area contributed by atoms with Gasteiger partial charge in [-0.05, 0) is 19.9 Å². The lowest BCUT2D eigenvalue weighted by Crippen LogP contribution is -2.19. The number of aryl methyl sites for hydroxylation is 1. The molecular formula is C12H13F2N3S. The molecule has 18 heavy (non-hydrogen) atoms. The molecule has 1 heterocycles. The zero-order chi connectivity index (χ0) is 13.1. The second-order valence-corrected chi connectivity index (χ2v) is 5.23. The molecule has 0 saturated carbocycles. The lowest BCUT2D eigenvalue weighted by atomic mass is 10.1. The summed E-state index contributed by atoms with van der Waals surface area (Å²) in [6.45, 7) is 4.14. The van der Waals surface area contributed by atoms with Gasteiger partial charge in [0.2, 0.25) is 0 Å². The van der Waals surface area contributed by atoms with E-state index in [0.29, 0.717) is 12.1 Å². The first-order chi connectivity index (χ1) is 8.58. The third-order valence-corrected chi connectivity index (χ3v) is 3.41. The molecule has 0 spiro atoms. The molecule has 3 nitrogen and oxygen atoms in total. The Balaban J connectivity index is 2.03. The van der Waals surface area contributed by atoms with Crippen LogP contribution in [0.4, 0.5) is 8.78 Å². The minimum absolute atomic E-state index is 0.287. The van der Waals surface area contributed by atoms with Gasteiger partial charge in [-0.15, -0.1) is 21.5 Å². The van der Waals surface area contributed by atoms with E-state index in [1.807, 2.05) is 6.92 Å². The van der Waals surface area contributed by atoms with Gasteiger partial charge in [-0.2, -0.15) is 0 Å². The van der Waals surface area contributed by atoms with Crippen molar-refractivity contribution >= 4 is 11.3 Å². The molecule has 2 rings (SSSR count). The average Bonchev–Trinajstić information content (AvgIpc) is 2.76. The van der Waals surface area contributed by atoms with Crippen LogP contribution in [0.3, 0.4) is 0 Å². The number of rotatable bonds is 4. The van der Waals surface area contributed by atoms with E-state index in [9.17, 15) is 8.78 Å². The Labute approximate surface area is 108 Å². The Bertz CT molecular complexity index is 542. The van der Waals surface area contributed by atoms with Crippen LogP contribution in [0, 0.1) is 18.6 Å². The van der Waals surface area contributed by atoms with Crippen molar-refractivity contribution in [1.82, 2.24) is 15.5 Å². The monoisotopic (exact) mass is 269 g/mol. The second-order valence-electron chi connectivity index (χ2n) is 3.96. The number of benzene rings is 1. The molecule has 0 radical (unpaired) electrons. The van der Waals surface area contributed by atoms with Crippen LogP contribution in [-0.4, -0.2) is 10.2 Å². The minimum atomic E-state index is -0.826. The summed E-state index contributed by atoms with van der Waals surface area (Å²) in [6, 6.07) is 3.90. The summed E-state index contributed by atoms with van der Waals surface area (Å²) in [5.74, 6) is -1.63. The van der Waals surface area contributed by atoms with Crippen LogP contribution >= 0.6 is 11.3 Å². The maximum absolute atomic E-state index is 13.5. The van der Waals surface area contributed by atoms with E-state index in [4.69, 9.17) is 0 Å². The third kappa shape index (κ3) is 2.88. The fourth-order valence-electron chi connectivity index (χ4n) is 1.61. The number of hydrogen-bond acceptors (Lipinski definition) is 4. The Morgan fingerprint density at radius 2 is 2.11 bits per heavy atom. The largest absolute Gasteiger partial charge is 0.304 e. The highest BCUT2D eigenvalue weighted by Gasteiger charge is 2.14. The molecule has 0 aliphatic carbocycles. The van der Waals surface area contributed by atoms with Gasteiger partial charge in [0.15, 0.2) is 11.6 Å². The van der Waals surface area contributed by atoms with Crippen LogP contribution in [0.25, 0.3) is 0 Å². The van der Waals surface area contributed by atoms with Gasteiger partial charge in [0.1, 0.15) is 10.0 Å². The number of hydrogen-bond donors (Lipinski definition) is 1. The predicted molar refractivity (Wildman–Crippen MR) is 66.3 cm³/mol. The SMILES string of the molecule is Cc1nnc(CNC(C)c2cccc(F)c2F)s1. The summed E-state index contributed by atoms with van der Waals surface area (Å²) in [7, 11) is 0.